The van der Waals surface area contributed by atoms with E-state index >= 15 is 0 Å². The first-order valence-electron chi connectivity index (χ1n) is 7.13. The normalized spacial score (nSPS) is 32.6. The van der Waals surface area contributed by atoms with Crippen molar-refractivity contribution in [1.82, 2.24) is 4.90 Å². The number of hydrogen-bond acceptors (Lipinski definition) is 4. The van der Waals surface area contributed by atoms with Crippen LogP contribution in [0.2, 0.25) is 0 Å². The lowest BCUT2D eigenvalue weighted by molar-refractivity contribution is 0.109. The monoisotopic (exact) mass is 274 g/mol. The Kier molecular flexibility index (Phi) is 4.67. The van der Waals surface area contributed by atoms with Crippen LogP contribution in [0.25, 0.3) is 0 Å². The van der Waals surface area contributed by atoms with Crippen LogP contribution in [-0.4, -0.2) is 50.5 Å². The lowest BCUT2D eigenvalue weighted by Crippen LogP contribution is -2.46. The molecular weight excluding hydrogens is 248 g/mol. The molecule has 18 heavy (non-hydrogen) atoms. The van der Waals surface area contributed by atoms with Crippen LogP contribution in [0.5, 0.6) is 0 Å². The molecule has 2 aliphatic rings. The van der Waals surface area contributed by atoms with Gasteiger partial charge in [-0.3, -0.25) is 0 Å². The maximum Gasteiger partial charge on any atom is 0.150 e. The van der Waals surface area contributed by atoms with Gasteiger partial charge < -0.3 is 10.6 Å². The van der Waals surface area contributed by atoms with Crippen molar-refractivity contribution in [1.29, 1.82) is 0 Å². The summed E-state index contributed by atoms with van der Waals surface area (Å²) < 4.78 is 23.4. The molecule has 2 unspecified atom stereocenters. The Bertz CT molecular complexity index is 361. The van der Waals surface area contributed by atoms with Gasteiger partial charge in [-0.15, -0.1) is 0 Å². The van der Waals surface area contributed by atoms with E-state index in [1.54, 1.807) is 0 Å². The molecule has 1 heterocycles. The Morgan fingerprint density at radius 3 is 2.39 bits per heavy atom. The van der Waals surface area contributed by atoms with E-state index in [9.17, 15) is 8.42 Å². The van der Waals surface area contributed by atoms with Gasteiger partial charge in [-0.05, 0) is 57.7 Å². The standard InChI is InChI=1S/C13H26N2O2S/c1-18(16,17)13-4-2-3-12(9-13)15-7-5-11(10-14)6-8-15/h11-13H,2-10,14H2,1H3. The maximum absolute atomic E-state index is 11.7. The Morgan fingerprint density at radius 2 is 1.83 bits per heavy atom. The first-order valence-corrected chi connectivity index (χ1v) is 9.09. The van der Waals surface area contributed by atoms with E-state index < -0.39 is 9.84 Å². The van der Waals surface area contributed by atoms with Gasteiger partial charge in [0.15, 0.2) is 0 Å². The maximum atomic E-state index is 11.7. The van der Waals surface area contributed by atoms with Crippen molar-refractivity contribution in [2.24, 2.45) is 11.7 Å². The summed E-state index contributed by atoms with van der Waals surface area (Å²) in [4.78, 5) is 2.50. The molecule has 0 aromatic heterocycles. The molecule has 2 atom stereocenters. The summed E-state index contributed by atoms with van der Waals surface area (Å²) >= 11 is 0. The van der Waals surface area contributed by atoms with Gasteiger partial charge in [-0.2, -0.15) is 0 Å². The van der Waals surface area contributed by atoms with Crippen LogP contribution in [0.4, 0.5) is 0 Å². The molecule has 1 saturated heterocycles. The summed E-state index contributed by atoms with van der Waals surface area (Å²) in [5.41, 5.74) is 5.71. The van der Waals surface area contributed by atoms with E-state index in [0.717, 1.165) is 38.9 Å². The third-order valence-corrected chi connectivity index (χ3v) is 6.34. The number of hydrogen-bond donors (Lipinski definition) is 1. The topological polar surface area (TPSA) is 63.4 Å². The second-order valence-electron chi connectivity index (χ2n) is 5.99. The zero-order valence-corrected chi connectivity index (χ0v) is 12.2. The molecule has 2 N–H and O–H groups in total. The molecule has 0 amide bonds. The van der Waals surface area contributed by atoms with Crippen molar-refractivity contribution >= 4 is 9.84 Å². The summed E-state index contributed by atoms with van der Waals surface area (Å²) in [5, 5.41) is -0.108. The van der Waals surface area contributed by atoms with Crippen molar-refractivity contribution < 1.29 is 8.42 Å². The van der Waals surface area contributed by atoms with Crippen LogP contribution >= 0.6 is 0 Å². The van der Waals surface area contributed by atoms with Gasteiger partial charge in [0.05, 0.1) is 5.25 Å². The summed E-state index contributed by atoms with van der Waals surface area (Å²) in [6.45, 7) is 3.00. The fourth-order valence-electron chi connectivity index (χ4n) is 3.39. The SMILES string of the molecule is CS(=O)(=O)C1CCCC(N2CCC(CN)CC2)C1. The van der Waals surface area contributed by atoms with Crippen LogP contribution in [0.15, 0.2) is 0 Å². The van der Waals surface area contributed by atoms with E-state index in [1.807, 2.05) is 0 Å². The summed E-state index contributed by atoms with van der Waals surface area (Å²) in [6.07, 6.45) is 7.66. The van der Waals surface area contributed by atoms with Crippen molar-refractivity contribution in [3.05, 3.63) is 0 Å². The summed E-state index contributed by atoms with van der Waals surface area (Å²) in [6, 6.07) is 0.484. The van der Waals surface area contributed by atoms with Gasteiger partial charge >= 0.3 is 0 Å². The van der Waals surface area contributed by atoms with Gasteiger partial charge in [0, 0.05) is 12.3 Å². The first-order chi connectivity index (χ1) is 8.50. The van der Waals surface area contributed by atoms with Crippen LogP contribution in [0, 0.1) is 5.92 Å². The molecule has 4 nitrogen and oxygen atoms in total. The van der Waals surface area contributed by atoms with Gasteiger partial charge in [0.1, 0.15) is 9.84 Å². The molecular formula is C13H26N2O2S. The van der Waals surface area contributed by atoms with Crippen molar-refractivity contribution in [2.75, 3.05) is 25.9 Å². The molecule has 2 fully saturated rings. The zero-order valence-electron chi connectivity index (χ0n) is 11.3. The van der Waals surface area contributed by atoms with Crippen LogP contribution in [-0.2, 0) is 9.84 Å². The zero-order chi connectivity index (χ0) is 13.2. The smallest absolute Gasteiger partial charge is 0.150 e. The third-order valence-electron chi connectivity index (χ3n) is 4.70. The Labute approximate surface area is 111 Å². The van der Waals surface area contributed by atoms with Crippen molar-refractivity contribution in [3.8, 4) is 0 Å². The molecule has 0 bridgehead atoms. The highest BCUT2D eigenvalue weighted by molar-refractivity contribution is 7.91. The van der Waals surface area contributed by atoms with Crippen LogP contribution in [0.1, 0.15) is 38.5 Å². The highest BCUT2D eigenvalue weighted by Gasteiger charge is 2.33. The number of nitrogens with two attached hydrogens (primary N) is 1. The van der Waals surface area contributed by atoms with Gasteiger partial charge in [-0.25, -0.2) is 8.42 Å². The second kappa shape index (κ2) is 5.88. The molecule has 0 aromatic carbocycles. The van der Waals surface area contributed by atoms with E-state index in [2.05, 4.69) is 4.90 Å². The Balaban J connectivity index is 1.90. The fraction of sp³-hybridized carbons (Fsp3) is 1.00. The summed E-state index contributed by atoms with van der Waals surface area (Å²) in [5.74, 6) is 0.676. The minimum atomic E-state index is -2.86. The third kappa shape index (κ3) is 3.45. The molecule has 0 radical (unpaired) electrons. The average molecular weight is 274 g/mol. The molecule has 5 heteroatoms. The molecule has 2 rings (SSSR count). The van der Waals surface area contributed by atoms with Crippen molar-refractivity contribution in [3.63, 3.8) is 0 Å². The predicted molar refractivity (Wildman–Crippen MR) is 74.2 cm³/mol. The highest BCUT2D eigenvalue weighted by atomic mass is 32.2. The highest BCUT2D eigenvalue weighted by Crippen LogP contribution is 2.29. The number of likely N-dealkylation sites (tertiary alicyclic amines) is 1. The molecule has 0 aromatic rings. The number of sulfone groups is 1. The Morgan fingerprint density at radius 1 is 1.17 bits per heavy atom. The van der Waals surface area contributed by atoms with Gasteiger partial charge in [0.25, 0.3) is 0 Å². The van der Waals surface area contributed by atoms with Crippen molar-refractivity contribution in [2.45, 2.75) is 49.8 Å². The van der Waals surface area contributed by atoms with E-state index in [-0.39, 0.29) is 5.25 Å². The second-order valence-corrected chi connectivity index (χ2v) is 8.31. The molecule has 106 valence electrons. The van der Waals surface area contributed by atoms with Gasteiger partial charge in [-0.1, -0.05) is 6.42 Å². The number of rotatable bonds is 3. The molecule has 0 spiro atoms. The molecule has 1 aliphatic carbocycles. The lowest BCUT2D eigenvalue weighted by atomic mass is 9.90. The first kappa shape index (κ1) is 14.3. The molecule has 1 aliphatic heterocycles. The van der Waals surface area contributed by atoms with E-state index in [1.165, 1.54) is 25.5 Å². The van der Waals surface area contributed by atoms with E-state index in [0.29, 0.717) is 12.0 Å². The minimum absolute atomic E-state index is 0.108. The summed E-state index contributed by atoms with van der Waals surface area (Å²) in [7, 11) is -2.86. The van der Waals surface area contributed by atoms with Gasteiger partial charge in [0.2, 0.25) is 0 Å². The Hall–Kier alpha value is -0.130. The average Bonchev–Trinajstić information content (AvgIpc) is 2.38. The largest absolute Gasteiger partial charge is 0.330 e. The van der Waals surface area contributed by atoms with E-state index in [4.69, 9.17) is 5.73 Å². The lowest BCUT2D eigenvalue weighted by Gasteiger charge is -2.40. The predicted octanol–water partition coefficient (Wildman–Crippen LogP) is 1.01. The van der Waals surface area contributed by atoms with Crippen LogP contribution < -0.4 is 5.73 Å². The number of nitrogens with zero attached hydrogens (tertiary/aromatic N) is 1. The quantitative estimate of drug-likeness (QED) is 0.834. The molecule has 1 saturated carbocycles. The van der Waals surface area contributed by atoms with Crippen LogP contribution in [0.3, 0.4) is 0 Å². The minimum Gasteiger partial charge on any atom is -0.330 e. The fourth-order valence-corrected chi connectivity index (χ4v) is 4.56. The number of piperidine rings is 1.